The number of hydrogen-bond acceptors (Lipinski definition) is 3. The van der Waals surface area contributed by atoms with Crippen molar-refractivity contribution >= 4 is 23.1 Å². The van der Waals surface area contributed by atoms with E-state index in [-0.39, 0.29) is 11.5 Å². The number of benzene rings is 2. The van der Waals surface area contributed by atoms with Gasteiger partial charge in [-0.2, -0.15) is 0 Å². The van der Waals surface area contributed by atoms with Gasteiger partial charge in [0.25, 0.3) is 0 Å². The predicted octanol–water partition coefficient (Wildman–Crippen LogP) is 2.29. The van der Waals surface area contributed by atoms with Crippen LogP contribution in [0.1, 0.15) is 21.6 Å². The standard InChI is InChI=1S/C17H13FN2O2/c18-12-7-5-11(6-8-12)9-19-10-14-13-3-1-2-4-15(13)20-16(14)17(21)22/h1-8,10,20H,9H2,(H,21,22)/p-1. The summed E-state index contributed by atoms with van der Waals surface area (Å²) in [4.78, 5) is 18.3. The Hall–Kier alpha value is -2.95. The Morgan fingerprint density at radius 1 is 1.18 bits per heavy atom. The summed E-state index contributed by atoms with van der Waals surface area (Å²) in [5, 5.41) is 12.0. The number of carbonyl (C=O) groups is 1. The number of aromatic carboxylic acids is 1. The van der Waals surface area contributed by atoms with E-state index in [1.807, 2.05) is 18.2 Å². The third-order valence-electron chi connectivity index (χ3n) is 3.36. The number of aromatic nitrogens is 1. The topological polar surface area (TPSA) is 68.3 Å². The monoisotopic (exact) mass is 295 g/mol. The van der Waals surface area contributed by atoms with Crippen LogP contribution in [0.5, 0.6) is 0 Å². The molecule has 0 spiro atoms. The molecule has 0 saturated heterocycles. The van der Waals surface area contributed by atoms with Crippen LogP contribution in [0.4, 0.5) is 4.39 Å². The molecule has 22 heavy (non-hydrogen) atoms. The summed E-state index contributed by atoms with van der Waals surface area (Å²) in [6.07, 6.45) is 1.51. The average Bonchev–Trinajstić information content (AvgIpc) is 2.89. The molecule has 0 bridgehead atoms. The number of carbonyl (C=O) groups excluding carboxylic acids is 1. The maximum Gasteiger partial charge on any atom is 0.123 e. The largest absolute Gasteiger partial charge is 0.543 e. The predicted molar refractivity (Wildman–Crippen MR) is 80.3 cm³/mol. The second-order valence-corrected chi connectivity index (χ2v) is 4.84. The molecule has 2 aromatic carbocycles. The SMILES string of the molecule is O=C([O-])c1[nH]c2ccccc2c1C=NCc1ccc(F)cc1. The van der Waals surface area contributed by atoms with E-state index in [2.05, 4.69) is 9.98 Å². The molecule has 3 rings (SSSR count). The molecule has 0 aliphatic heterocycles. The quantitative estimate of drug-likeness (QED) is 0.750. The molecule has 5 heteroatoms. The Morgan fingerprint density at radius 3 is 2.64 bits per heavy atom. The van der Waals surface area contributed by atoms with Crippen LogP contribution in [0.15, 0.2) is 53.5 Å². The first kappa shape index (κ1) is 14.0. The lowest BCUT2D eigenvalue weighted by Gasteiger charge is -2.01. The normalized spacial score (nSPS) is 11.3. The Labute approximate surface area is 125 Å². The van der Waals surface area contributed by atoms with E-state index in [1.165, 1.54) is 18.3 Å². The van der Waals surface area contributed by atoms with Gasteiger partial charge in [0.05, 0.1) is 18.2 Å². The lowest BCUT2D eigenvalue weighted by Crippen LogP contribution is -2.23. The molecule has 110 valence electrons. The van der Waals surface area contributed by atoms with E-state index in [0.29, 0.717) is 17.6 Å². The third kappa shape index (κ3) is 2.74. The Kier molecular flexibility index (Phi) is 3.70. The molecule has 0 atom stereocenters. The summed E-state index contributed by atoms with van der Waals surface area (Å²) >= 11 is 0. The van der Waals surface area contributed by atoms with Crippen LogP contribution in [0, 0.1) is 5.82 Å². The smallest absolute Gasteiger partial charge is 0.123 e. The van der Waals surface area contributed by atoms with Crippen LogP contribution < -0.4 is 5.11 Å². The van der Waals surface area contributed by atoms with Crippen molar-refractivity contribution in [2.24, 2.45) is 4.99 Å². The number of fused-ring (bicyclic) bond motifs is 1. The van der Waals surface area contributed by atoms with Crippen LogP contribution in [0.3, 0.4) is 0 Å². The number of H-pyrrole nitrogens is 1. The Morgan fingerprint density at radius 2 is 1.91 bits per heavy atom. The van der Waals surface area contributed by atoms with Gasteiger partial charge in [0.2, 0.25) is 0 Å². The van der Waals surface area contributed by atoms with E-state index < -0.39 is 5.97 Å². The number of nitrogens with one attached hydrogen (secondary N) is 1. The number of para-hydroxylation sites is 1. The lowest BCUT2D eigenvalue weighted by atomic mass is 10.1. The van der Waals surface area contributed by atoms with Crippen molar-refractivity contribution in [3.05, 3.63) is 71.2 Å². The highest BCUT2D eigenvalue weighted by Gasteiger charge is 2.09. The van der Waals surface area contributed by atoms with Crippen molar-refractivity contribution in [3.63, 3.8) is 0 Å². The van der Waals surface area contributed by atoms with Gasteiger partial charge in [-0.25, -0.2) is 4.39 Å². The molecule has 0 fully saturated rings. The maximum absolute atomic E-state index is 12.8. The number of aromatic amines is 1. The number of carboxylic acid groups (broad SMARTS) is 1. The molecule has 3 aromatic rings. The molecule has 0 aliphatic carbocycles. The molecule has 1 aromatic heterocycles. The van der Waals surface area contributed by atoms with Crippen molar-refractivity contribution in [2.45, 2.75) is 6.54 Å². The highest BCUT2D eigenvalue weighted by atomic mass is 19.1. The zero-order valence-corrected chi connectivity index (χ0v) is 11.5. The lowest BCUT2D eigenvalue weighted by molar-refractivity contribution is -0.255. The minimum atomic E-state index is -1.28. The summed E-state index contributed by atoms with van der Waals surface area (Å²) in [5.41, 5.74) is 2.04. The van der Waals surface area contributed by atoms with Gasteiger partial charge < -0.3 is 14.9 Å². The van der Waals surface area contributed by atoms with Crippen LogP contribution in [-0.2, 0) is 6.54 Å². The summed E-state index contributed by atoms with van der Waals surface area (Å²) in [5.74, 6) is -1.58. The van der Waals surface area contributed by atoms with Crippen molar-refractivity contribution < 1.29 is 14.3 Å². The molecule has 0 aliphatic rings. The molecule has 0 unspecified atom stereocenters. The zero-order valence-electron chi connectivity index (χ0n) is 11.5. The fraction of sp³-hybridized carbons (Fsp3) is 0.0588. The Bertz CT molecular complexity index is 851. The summed E-state index contributed by atoms with van der Waals surface area (Å²) in [6, 6.07) is 13.3. The highest BCUT2D eigenvalue weighted by Crippen LogP contribution is 2.20. The minimum Gasteiger partial charge on any atom is -0.543 e. The highest BCUT2D eigenvalue weighted by molar-refractivity contribution is 6.08. The van der Waals surface area contributed by atoms with Crippen LogP contribution in [0.2, 0.25) is 0 Å². The number of hydrogen-bond donors (Lipinski definition) is 1. The van der Waals surface area contributed by atoms with Crippen LogP contribution in [0.25, 0.3) is 10.9 Å². The summed E-state index contributed by atoms with van der Waals surface area (Å²) in [7, 11) is 0. The zero-order chi connectivity index (χ0) is 15.5. The third-order valence-corrected chi connectivity index (χ3v) is 3.36. The van der Waals surface area contributed by atoms with E-state index >= 15 is 0 Å². The van der Waals surface area contributed by atoms with Gasteiger partial charge in [-0.05, 0) is 23.8 Å². The van der Waals surface area contributed by atoms with Gasteiger partial charge in [0, 0.05) is 22.7 Å². The number of halogens is 1. The molecule has 1 N–H and O–H groups in total. The second kappa shape index (κ2) is 5.81. The van der Waals surface area contributed by atoms with E-state index in [9.17, 15) is 14.3 Å². The average molecular weight is 295 g/mol. The number of nitrogens with zero attached hydrogens (tertiary/aromatic N) is 1. The first-order valence-corrected chi connectivity index (χ1v) is 6.71. The molecule has 4 nitrogen and oxygen atoms in total. The number of rotatable bonds is 4. The van der Waals surface area contributed by atoms with Gasteiger partial charge in [0.1, 0.15) is 5.82 Å². The van der Waals surface area contributed by atoms with Crippen molar-refractivity contribution in [3.8, 4) is 0 Å². The Balaban J connectivity index is 1.92. The van der Waals surface area contributed by atoms with Gasteiger partial charge in [-0.15, -0.1) is 0 Å². The van der Waals surface area contributed by atoms with Crippen molar-refractivity contribution in [1.82, 2.24) is 4.98 Å². The van der Waals surface area contributed by atoms with Crippen LogP contribution in [-0.4, -0.2) is 17.2 Å². The number of carboxylic acids is 1. The molecule has 0 radical (unpaired) electrons. The molecule has 0 amide bonds. The van der Waals surface area contributed by atoms with Crippen molar-refractivity contribution in [1.29, 1.82) is 0 Å². The molecule has 1 heterocycles. The van der Waals surface area contributed by atoms with Crippen molar-refractivity contribution in [2.75, 3.05) is 0 Å². The fourth-order valence-corrected chi connectivity index (χ4v) is 2.29. The molecular weight excluding hydrogens is 283 g/mol. The summed E-state index contributed by atoms with van der Waals surface area (Å²) in [6.45, 7) is 0.340. The first-order valence-electron chi connectivity index (χ1n) is 6.71. The van der Waals surface area contributed by atoms with Gasteiger partial charge in [-0.1, -0.05) is 30.3 Å². The number of aliphatic imine (C=N–C) groups is 1. The van der Waals surface area contributed by atoms with Gasteiger partial charge in [0.15, 0.2) is 0 Å². The first-order chi connectivity index (χ1) is 10.6. The maximum atomic E-state index is 12.8. The van der Waals surface area contributed by atoms with E-state index in [1.54, 1.807) is 18.2 Å². The molecule has 0 saturated carbocycles. The van der Waals surface area contributed by atoms with Gasteiger partial charge >= 0.3 is 0 Å². The summed E-state index contributed by atoms with van der Waals surface area (Å²) < 4.78 is 12.8. The fourth-order valence-electron chi connectivity index (χ4n) is 2.29. The van der Waals surface area contributed by atoms with Crippen LogP contribution >= 0.6 is 0 Å². The second-order valence-electron chi connectivity index (χ2n) is 4.84. The van der Waals surface area contributed by atoms with E-state index in [0.717, 1.165) is 10.9 Å². The molecular formula is C17H12FN2O2-. The minimum absolute atomic E-state index is 0.00376. The van der Waals surface area contributed by atoms with E-state index in [4.69, 9.17) is 0 Å². The van der Waals surface area contributed by atoms with Gasteiger partial charge in [-0.3, -0.25) is 4.99 Å².